The number of rotatable bonds is 6. The van der Waals surface area contributed by atoms with Crippen LogP contribution in [0.25, 0.3) is 0 Å². The van der Waals surface area contributed by atoms with Gasteiger partial charge in [0.2, 0.25) is 0 Å². The Bertz CT molecular complexity index is 745. The Hall–Kier alpha value is -1.91. The summed E-state index contributed by atoms with van der Waals surface area (Å²) in [6, 6.07) is 16.5. The molecule has 0 aliphatic rings. The summed E-state index contributed by atoms with van der Waals surface area (Å²) in [6.45, 7) is 3.41. The molecule has 0 aliphatic carbocycles. The van der Waals surface area contributed by atoms with Crippen LogP contribution >= 0.6 is 0 Å². The molecule has 0 amide bonds. The van der Waals surface area contributed by atoms with E-state index < -0.39 is 21.2 Å². The van der Waals surface area contributed by atoms with Crippen molar-refractivity contribution in [1.82, 2.24) is 0 Å². The summed E-state index contributed by atoms with van der Waals surface area (Å²) in [7, 11) is -3.61. The molecular weight excluding hydrogens is 308 g/mol. The summed E-state index contributed by atoms with van der Waals surface area (Å²) in [5.74, 6) is 0. The van der Waals surface area contributed by atoms with Crippen molar-refractivity contribution >= 4 is 9.84 Å². The van der Waals surface area contributed by atoms with Crippen molar-refractivity contribution in [2.24, 2.45) is 0 Å². The number of hydrogen-bond donors (Lipinski definition) is 1. The number of aryl methyl sites for hydroxylation is 1. The summed E-state index contributed by atoms with van der Waals surface area (Å²) in [5.41, 5.74) is 2.10. The van der Waals surface area contributed by atoms with Gasteiger partial charge in [0.15, 0.2) is 9.84 Å². The van der Waals surface area contributed by atoms with Crippen LogP contribution in [0, 0.1) is 6.92 Å². The van der Waals surface area contributed by atoms with Crippen molar-refractivity contribution in [3.05, 3.63) is 77.9 Å². The van der Waals surface area contributed by atoms with Crippen LogP contribution < -0.4 is 0 Å². The maximum absolute atomic E-state index is 12.7. The number of aliphatic hydroxyl groups is 1. The Kier molecular flexibility index (Phi) is 5.74. The van der Waals surface area contributed by atoms with Gasteiger partial charge in [0, 0.05) is 0 Å². The van der Waals surface area contributed by atoms with Gasteiger partial charge in [0.05, 0.1) is 11.0 Å². The fourth-order valence-corrected chi connectivity index (χ4v) is 4.03. The Labute approximate surface area is 138 Å². The molecule has 4 heteroatoms. The number of benzene rings is 2. The Balaban J connectivity index is 2.22. The Morgan fingerprint density at radius 3 is 2.22 bits per heavy atom. The summed E-state index contributed by atoms with van der Waals surface area (Å²) in [4.78, 5) is 0.235. The fourth-order valence-electron chi connectivity index (χ4n) is 2.36. The molecule has 23 heavy (non-hydrogen) atoms. The number of aliphatic hydroxyl groups excluding tert-OH is 1. The maximum Gasteiger partial charge on any atom is 0.187 e. The second kappa shape index (κ2) is 7.57. The highest BCUT2D eigenvalue weighted by Crippen LogP contribution is 2.20. The molecule has 0 saturated heterocycles. The molecular formula is C19H22O3S. The van der Waals surface area contributed by atoms with Gasteiger partial charge in [0.25, 0.3) is 0 Å². The van der Waals surface area contributed by atoms with Gasteiger partial charge in [-0.3, -0.25) is 0 Å². The minimum absolute atomic E-state index is 0.235. The molecule has 2 atom stereocenters. The van der Waals surface area contributed by atoms with Crippen LogP contribution in [0.3, 0.4) is 0 Å². The van der Waals surface area contributed by atoms with Gasteiger partial charge in [-0.25, -0.2) is 8.42 Å². The predicted octanol–water partition coefficient (Wildman–Crippen LogP) is 3.32. The third-order valence-corrected chi connectivity index (χ3v) is 5.90. The first-order valence-electron chi connectivity index (χ1n) is 7.60. The van der Waals surface area contributed by atoms with E-state index in [2.05, 4.69) is 0 Å². The molecule has 2 rings (SSSR count). The topological polar surface area (TPSA) is 54.4 Å². The molecule has 0 bridgehead atoms. The van der Waals surface area contributed by atoms with Crippen molar-refractivity contribution in [2.45, 2.75) is 36.5 Å². The molecule has 2 aromatic carbocycles. The molecule has 2 aromatic rings. The first kappa shape index (κ1) is 17.4. The first-order chi connectivity index (χ1) is 10.9. The second-order valence-electron chi connectivity index (χ2n) is 5.68. The average Bonchev–Trinajstić information content (AvgIpc) is 2.52. The van der Waals surface area contributed by atoms with Crippen LogP contribution in [0.1, 0.15) is 18.1 Å². The van der Waals surface area contributed by atoms with E-state index in [1.807, 2.05) is 37.3 Å². The van der Waals surface area contributed by atoms with E-state index in [1.54, 1.807) is 36.4 Å². The van der Waals surface area contributed by atoms with Crippen molar-refractivity contribution in [2.75, 3.05) is 0 Å². The van der Waals surface area contributed by atoms with E-state index in [0.717, 1.165) is 11.1 Å². The zero-order valence-corrected chi connectivity index (χ0v) is 14.2. The lowest BCUT2D eigenvalue weighted by molar-refractivity contribution is 0.200. The van der Waals surface area contributed by atoms with Crippen molar-refractivity contribution in [3.8, 4) is 0 Å². The molecule has 0 fully saturated rings. The molecule has 0 aromatic heterocycles. The average molecular weight is 330 g/mol. The molecule has 0 spiro atoms. The van der Waals surface area contributed by atoms with E-state index in [0.29, 0.717) is 6.42 Å². The monoisotopic (exact) mass is 330 g/mol. The lowest BCUT2D eigenvalue weighted by Crippen LogP contribution is -2.30. The maximum atomic E-state index is 12.7. The number of allylic oxidation sites excluding steroid dienone is 1. The van der Waals surface area contributed by atoms with E-state index >= 15 is 0 Å². The van der Waals surface area contributed by atoms with Crippen LogP contribution in [0.5, 0.6) is 0 Å². The molecule has 0 radical (unpaired) electrons. The molecule has 122 valence electrons. The molecule has 2 unspecified atom stereocenters. The van der Waals surface area contributed by atoms with Crippen molar-refractivity contribution in [3.63, 3.8) is 0 Å². The van der Waals surface area contributed by atoms with E-state index in [4.69, 9.17) is 0 Å². The quantitative estimate of drug-likeness (QED) is 0.827. The van der Waals surface area contributed by atoms with Gasteiger partial charge < -0.3 is 5.11 Å². The molecule has 0 aliphatic heterocycles. The van der Waals surface area contributed by atoms with Crippen molar-refractivity contribution in [1.29, 1.82) is 0 Å². The molecule has 0 heterocycles. The van der Waals surface area contributed by atoms with Gasteiger partial charge in [-0.1, -0.05) is 60.2 Å². The minimum Gasteiger partial charge on any atom is -0.392 e. The highest BCUT2D eigenvalue weighted by Gasteiger charge is 2.29. The second-order valence-corrected chi connectivity index (χ2v) is 7.79. The third-order valence-electron chi connectivity index (χ3n) is 3.71. The zero-order chi connectivity index (χ0) is 16.9. The number of hydrogen-bond acceptors (Lipinski definition) is 3. The van der Waals surface area contributed by atoms with E-state index in [9.17, 15) is 13.5 Å². The summed E-state index contributed by atoms with van der Waals surface area (Å²) < 4.78 is 25.4. The lowest BCUT2D eigenvalue weighted by atomic mass is 10.1. The first-order valence-corrected chi connectivity index (χ1v) is 9.15. The highest BCUT2D eigenvalue weighted by atomic mass is 32.2. The van der Waals surface area contributed by atoms with E-state index in [1.165, 1.54) is 6.92 Å². The van der Waals surface area contributed by atoms with E-state index in [-0.39, 0.29) is 4.90 Å². The summed E-state index contributed by atoms with van der Waals surface area (Å²) in [5, 5.41) is 8.98. The summed E-state index contributed by atoms with van der Waals surface area (Å²) in [6.07, 6.45) is 3.05. The standard InChI is InChI=1S/C19H22O3S/c1-15-11-13-18(14-12-15)23(21,22)19(16(2)20)10-6-9-17-7-4-3-5-8-17/h3-8,10-14,16,19-20H,9H2,1-2H3/b10-6+. The highest BCUT2D eigenvalue weighted by molar-refractivity contribution is 7.92. The molecule has 3 nitrogen and oxygen atoms in total. The number of sulfone groups is 1. The molecule has 0 saturated carbocycles. The van der Waals surface area contributed by atoms with Gasteiger partial charge in [-0.2, -0.15) is 0 Å². The van der Waals surface area contributed by atoms with Gasteiger partial charge in [0.1, 0.15) is 5.25 Å². The Morgan fingerprint density at radius 1 is 1.04 bits per heavy atom. The SMILES string of the molecule is Cc1ccc(S(=O)(=O)C(/C=C/Cc2ccccc2)C(C)O)cc1. The smallest absolute Gasteiger partial charge is 0.187 e. The Morgan fingerprint density at radius 2 is 1.65 bits per heavy atom. The van der Waals surface area contributed by atoms with Crippen molar-refractivity contribution < 1.29 is 13.5 Å². The minimum atomic E-state index is -3.61. The van der Waals surface area contributed by atoms with Gasteiger partial charge >= 0.3 is 0 Å². The predicted molar refractivity (Wildman–Crippen MR) is 93.1 cm³/mol. The van der Waals surface area contributed by atoms with Gasteiger partial charge in [-0.05, 0) is 38.0 Å². The van der Waals surface area contributed by atoms with Crippen LogP contribution in [0.2, 0.25) is 0 Å². The summed E-state index contributed by atoms with van der Waals surface area (Å²) >= 11 is 0. The fraction of sp³-hybridized carbons (Fsp3) is 0.263. The van der Waals surface area contributed by atoms with Crippen LogP contribution in [-0.2, 0) is 16.3 Å². The van der Waals surface area contributed by atoms with Crippen LogP contribution in [-0.4, -0.2) is 24.9 Å². The van der Waals surface area contributed by atoms with Gasteiger partial charge in [-0.15, -0.1) is 0 Å². The van der Waals surface area contributed by atoms with Crippen LogP contribution in [0.15, 0.2) is 71.6 Å². The largest absolute Gasteiger partial charge is 0.392 e. The zero-order valence-electron chi connectivity index (χ0n) is 13.4. The lowest BCUT2D eigenvalue weighted by Gasteiger charge is -2.17. The van der Waals surface area contributed by atoms with Crippen LogP contribution in [0.4, 0.5) is 0 Å². The normalized spacial score (nSPS) is 14.7. The molecule has 1 N–H and O–H groups in total. The third kappa shape index (κ3) is 4.53.